The number of benzene rings is 1. The molecular weight excluding hydrogens is 202 g/mol. The Balaban J connectivity index is 2.40. The molecule has 1 amide bonds. The topological polar surface area (TPSA) is 38.3 Å². The lowest BCUT2D eigenvalue weighted by atomic mass is 10.2. The summed E-state index contributed by atoms with van der Waals surface area (Å²) in [5, 5.41) is 2.86. The van der Waals surface area contributed by atoms with Gasteiger partial charge in [-0.25, -0.2) is 0 Å². The van der Waals surface area contributed by atoms with Gasteiger partial charge in [-0.05, 0) is 31.9 Å². The molecule has 0 aromatic heterocycles. The van der Waals surface area contributed by atoms with Crippen LogP contribution < -0.4 is 10.1 Å². The minimum Gasteiger partial charge on any atom is -0.484 e. The van der Waals surface area contributed by atoms with Crippen molar-refractivity contribution < 1.29 is 9.53 Å². The zero-order valence-corrected chi connectivity index (χ0v) is 10.1. The number of carbonyl (C=O) groups is 1. The summed E-state index contributed by atoms with van der Waals surface area (Å²) in [6, 6.07) is 7.87. The Bertz CT molecular complexity index is 350. The molecule has 0 saturated carbocycles. The number of rotatable bonds is 5. The van der Waals surface area contributed by atoms with E-state index >= 15 is 0 Å². The highest BCUT2D eigenvalue weighted by Crippen LogP contribution is 2.15. The minimum atomic E-state index is -0.0717. The smallest absolute Gasteiger partial charge is 0.258 e. The third-order valence-corrected chi connectivity index (χ3v) is 2.47. The highest BCUT2D eigenvalue weighted by atomic mass is 16.5. The van der Waals surface area contributed by atoms with Gasteiger partial charge in [-0.1, -0.05) is 25.1 Å². The van der Waals surface area contributed by atoms with Gasteiger partial charge in [-0.3, -0.25) is 4.79 Å². The molecule has 1 aromatic carbocycles. The lowest BCUT2D eigenvalue weighted by Crippen LogP contribution is -2.35. The van der Waals surface area contributed by atoms with Crippen molar-refractivity contribution in [3.05, 3.63) is 29.8 Å². The number of ether oxygens (including phenoxy) is 1. The zero-order valence-electron chi connectivity index (χ0n) is 10.1. The van der Waals surface area contributed by atoms with Crippen molar-refractivity contribution in [2.75, 3.05) is 6.61 Å². The van der Waals surface area contributed by atoms with Crippen molar-refractivity contribution in [3.63, 3.8) is 0 Å². The molecule has 88 valence electrons. The van der Waals surface area contributed by atoms with Crippen LogP contribution in [0.15, 0.2) is 24.3 Å². The first-order valence-corrected chi connectivity index (χ1v) is 5.61. The molecule has 1 aromatic rings. The van der Waals surface area contributed by atoms with Gasteiger partial charge >= 0.3 is 0 Å². The molecule has 16 heavy (non-hydrogen) atoms. The third kappa shape index (κ3) is 3.93. The number of hydrogen-bond acceptors (Lipinski definition) is 2. The van der Waals surface area contributed by atoms with E-state index in [1.165, 1.54) is 0 Å². The molecule has 0 aliphatic heterocycles. The maximum Gasteiger partial charge on any atom is 0.258 e. The standard InChI is InChI=1S/C13H19NO2/c1-4-11(3)14-13(15)9-16-12-8-6-5-7-10(12)2/h5-8,11H,4,9H2,1-3H3,(H,14,15)/t11-/m0/s1. The van der Waals surface area contributed by atoms with Crippen LogP contribution in [0.1, 0.15) is 25.8 Å². The quantitative estimate of drug-likeness (QED) is 0.828. The molecule has 0 aliphatic rings. The van der Waals surface area contributed by atoms with Crippen molar-refractivity contribution in [2.45, 2.75) is 33.2 Å². The Labute approximate surface area is 96.8 Å². The lowest BCUT2D eigenvalue weighted by molar-refractivity contribution is -0.123. The van der Waals surface area contributed by atoms with Crippen LogP contribution in [0.2, 0.25) is 0 Å². The third-order valence-electron chi connectivity index (χ3n) is 2.47. The molecule has 0 bridgehead atoms. The van der Waals surface area contributed by atoms with Gasteiger partial charge < -0.3 is 10.1 Å². The second kappa shape index (κ2) is 6.16. The summed E-state index contributed by atoms with van der Waals surface area (Å²) in [4.78, 5) is 11.5. The van der Waals surface area contributed by atoms with Crippen LogP contribution in [0.3, 0.4) is 0 Å². The first-order chi connectivity index (χ1) is 7.63. The van der Waals surface area contributed by atoms with Gasteiger partial charge in [-0.15, -0.1) is 0 Å². The van der Waals surface area contributed by atoms with E-state index in [1.54, 1.807) is 0 Å². The average molecular weight is 221 g/mol. The Hall–Kier alpha value is -1.51. The predicted octanol–water partition coefficient (Wildman–Crippen LogP) is 2.29. The Kier molecular flexibility index (Phi) is 4.83. The van der Waals surface area contributed by atoms with E-state index < -0.39 is 0 Å². The highest BCUT2D eigenvalue weighted by Gasteiger charge is 2.06. The van der Waals surface area contributed by atoms with E-state index in [0.717, 1.165) is 17.7 Å². The normalized spacial score (nSPS) is 11.9. The van der Waals surface area contributed by atoms with E-state index in [1.807, 2.05) is 45.0 Å². The molecule has 0 saturated heterocycles. The number of carbonyl (C=O) groups excluding carboxylic acids is 1. The van der Waals surface area contributed by atoms with Crippen LogP contribution in [-0.4, -0.2) is 18.6 Å². The second-order valence-corrected chi connectivity index (χ2v) is 3.93. The van der Waals surface area contributed by atoms with Crippen LogP contribution >= 0.6 is 0 Å². The molecule has 0 heterocycles. The molecule has 0 spiro atoms. The molecular formula is C13H19NO2. The number of aryl methyl sites for hydroxylation is 1. The van der Waals surface area contributed by atoms with Crippen LogP contribution in [0, 0.1) is 6.92 Å². The van der Waals surface area contributed by atoms with Gasteiger partial charge in [0.1, 0.15) is 5.75 Å². The molecule has 3 heteroatoms. The van der Waals surface area contributed by atoms with Gasteiger partial charge in [0.25, 0.3) is 5.91 Å². The van der Waals surface area contributed by atoms with Gasteiger partial charge in [0.2, 0.25) is 0 Å². The fraction of sp³-hybridized carbons (Fsp3) is 0.462. The summed E-state index contributed by atoms with van der Waals surface area (Å²) in [5.41, 5.74) is 1.04. The Morgan fingerprint density at radius 1 is 1.44 bits per heavy atom. The number of hydrogen-bond donors (Lipinski definition) is 1. The summed E-state index contributed by atoms with van der Waals surface area (Å²) < 4.78 is 5.43. The van der Waals surface area contributed by atoms with E-state index in [9.17, 15) is 4.79 Å². The molecule has 1 N–H and O–H groups in total. The molecule has 3 nitrogen and oxygen atoms in total. The van der Waals surface area contributed by atoms with Gasteiger partial charge in [0.05, 0.1) is 0 Å². The fourth-order valence-electron chi connectivity index (χ4n) is 1.28. The fourth-order valence-corrected chi connectivity index (χ4v) is 1.28. The predicted molar refractivity (Wildman–Crippen MR) is 64.6 cm³/mol. The van der Waals surface area contributed by atoms with Crippen LogP contribution in [0.5, 0.6) is 5.75 Å². The van der Waals surface area contributed by atoms with Gasteiger partial charge in [0.15, 0.2) is 6.61 Å². The Morgan fingerprint density at radius 2 is 2.12 bits per heavy atom. The van der Waals surface area contributed by atoms with E-state index in [2.05, 4.69) is 5.32 Å². The van der Waals surface area contributed by atoms with E-state index in [-0.39, 0.29) is 18.6 Å². The minimum absolute atomic E-state index is 0.0717. The average Bonchev–Trinajstić information content (AvgIpc) is 2.28. The monoisotopic (exact) mass is 221 g/mol. The van der Waals surface area contributed by atoms with E-state index in [4.69, 9.17) is 4.74 Å². The summed E-state index contributed by atoms with van der Waals surface area (Å²) in [6.07, 6.45) is 0.927. The summed E-state index contributed by atoms with van der Waals surface area (Å²) in [6.45, 7) is 6.05. The van der Waals surface area contributed by atoms with Crippen molar-refractivity contribution in [1.82, 2.24) is 5.32 Å². The molecule has 1 atom stereocenters. The van der Waals surface area contributed by atoms with Crippen molar-refractivity contribution >= 4 is 5.91 Å². The lowest BCUT2D eigenvalue weighted by Gasteiger charge is -2.12. The molecule has 0 unspecified atom stereocenters. The summed E-state index contributed by atoms with van der Waals surface area (Å²) in [7, 11) is 0. The second-order valence-electron chi connectivity index (χ2n) is 3.93. The maximum atomic E-state index is 11.5. The molecule has 0 aliphatic carbocycles. The van der Waals surface area contributed by atoms with Crippen molar-refractivity contribution in [2.24, 2.45) is 0 Å². The summed E-state index contributed by atoms with van der Waals surface area (Å²) in [5.74, 6) is 0.694. The molecule has 1 rings (SSSR count). The number of para-hydroxylation sites is 1. The van der Waals surface area contributed by atoms with Crippen LogP contribution in [0.25, 0.3) is 0 Å². The van der Waals surface area contributed by atoms with Gasteiger partial charge in [-0.2, -0.15) is 0 Å². The molecule has 0 fully saturated rings. The number of nitrogens with one attached hydrogen (secondary N) is 1. The zero-order chi connectivity index (χ0) is 12.0. The molecule has 0 radical (unpaired) electrons. The maximum absolute atomic E-state index is 11.5. The SMILES string of the molecule is CC[C@H](C)NC(=O)COc1ccccc1C. The number of amides is 1. The largest absolute Gasteiger partial charge is 0.484 e. The Morgan fingerprint density at radius 3 is 2.75 bits per heavy atom. The first kappa shape index (κ1) is 12.6. The van der Waals surface area contributed by atoms with Gasteiger partial charge in [0, 0.05) is 6.04 Å². The van der Waals surface area contributed by atoms with E-state index in [0.29, 0.717) is 0 Å². The van der Waals surface area contributed by atoms with Crippen molar-refractivity contribution in [1.29, 1.82) is 0 Å². The van der Waals surface area contributed by atoms with Crippen LogP contribution in [0.4, 0.5) is 0 Å². The summed E-state index contributed by atoms with van der Waals surface area (Å²) >= 11 is 0. The first-order valence-electron chi connectivity index (χ1n) is 5.61. The van der Waals surface area contributed by atoms with Crippen molar-refractivity contribution in [3.8, 4) is 5.75 Å². The highest BCUT2D eigenvalue weighted by molar-refractivity contribution is 5.77. The van der Waals surface area contributed by atoms with Crippen LogP contribution in [-0.2, 0) is 4.79 Å².